The molecule has 1 fully saturated rings. The Labute approximate surface area is 172 Å². The number of piperazine rings is 1. The normalized spacial score (nSPS) is 14.1. The number of carbonyl (C=O) groups excluding carboxylic acids is 1. The van der Waals surface area contributed by atoms with Crippen LogP contribution in [0.4, 0.5) is 27.6 Å². The summed E-state index contributed by atoms with van der Waals surface area (Å²) in [6.45, 7) is 0.0587. The molecular weight excluding hydrogens is 437 g/mol. The van der Waals surface area contributed by atoms with Gasteiger partial charge in [-0.05, 0) is 24.4 Å². The van der Waals surface area contributed by atoms with Gasteiger partial charge in [0.15, 0.2) is 28.4 Å². The van der Waals surface area contributed by atoms with E-state index in [0.717, 1.165) is 4.90 Å². The summed E-state index contributed by atoms with van der Waals surface area (Å²) >= 11 is 11.1. The maximum Gasteiger partial charge on any atom is 0.258 e. The lowest BCUT2D eigenvalue weighted by atomic mass is 10.2. The molecule has 1 heterocycles. The van der Waals surface area contributed by atoms with Crippen LogP contribution in [0.3, 0.4) is 0 Å². The summed E-state index contributed by atoms with van der Waals surface area (Å²) in [7, 11) is 0. The molecule has 0 aromatic heterocycles. The van der Waals surface area contributed by atoms with Gasteiger partial charge in [0.05, 0.1) is 10.6 Å². The van der Waals surface area contributed by atoms with Gasteiger partial charge in [-0.25, -0.2) is 22.0 Å². The Morgan fingerprint density at radius 3 is 1.97 bits per heavy atom. The third kappa shape index (κ3) is 4.13. The first-order valence-electron chi connectivity index (χ1n) is 8.33. The smallest absolute Gasteiger partial charge is 0.258 e. The van der Waals surface area contributed by atoms with Crippen molar-refractivity contribution < 1.29 is 26.7 Å². The minimum Gasteiger partial charge on any atom is -0.363 e. The maximum atomic E-state index is 14.0. The fraction of sp³-hybridized carbons (Fsp3) is 0.222. The van der Waals surface area contributed by atoms with Crippen molar-refractivity contribution in [1.29, 1.82) is 0 Å². The lowest BCUT2D eigenvalue weighted by molar-refractivity contribution is 0.0973. The van der Waals surface area contributed by atoms with Crippen LogP contribution < -0.4 is 10.2 Å². The molecule has 3 rings (SSSR count). The Morgan fingerprint density at radius 2 is 1.41 bits per heavy atom. The van der Waals surface area contributed by atoms with E-state index in [0.29, 0.717) is 0 Å². The number of anilines is 1. The molecule has 1 aliphatic heterocycles. The molecule has 0 spiro atoms. The van der Waals surface area contributed by atoms with Gasteiger partial charge in [-0.1, -0.05) is 23.7 Å². The second-order valence-corrected chi connectivity index (χ2v) is 6.93. The maximum absolute atomic E-state index is 14.0. The van der Waals surface area contributed by atoms with E-state index in [1.54, 1.807) is 23.1 Å². The van der Waals surface area contributed by atoms with Crippen LogP contribution >= 0.6 is 23.8 Å². The van der Waals surface area contributed by atoms with Gasteiger partial charge in [-0.2, -0.15) is 0 Å². The number of amides is 1. The van der Waals surface area contributed by atoms with E-state index in [9.17, 15) is 26.7 Å². The van der Waals surface area contributed by atoms with Gasteiger partial charge < -0.3 is 9.80 Å². The number of hydrogen-bond donors (Lipinski definition) is 1. The van der Waals surface area contributed by atoms with Crippen molar-refractivity contribution in [1.82, 2.24) is 10.2 Å². The highest BCUT2D eigenvalue weighted by Crippen LogP contribution is 2.30. The van der Waals surface area contributed by atoms with Crippen molar-refractivity contribution in [2.45, 2.75) is 0 Å². The number of carbonyl (C=O) groups is 1. The third-order valence-electron chi connectivity index (χ3n) is 4.41. The van der Waals surface area contributed by atoms with Gasteiger partial charge in [0.1, 0.15) is 5.69 Å². The first kappa shape index (κ1) is 21.3. The second-order valence-electron chi connectivity index (χ2n) is 6.13. The van der Waals surface area contributed by atoms with Gasteiger partial charge in [-0.3, -0.25) is 10.1 Å². The number of nitrogens with zero attached hydrogens (tertiary/aromatic N) is 2. The highest BCUT2D eigenvalue weighted by atomic mass is 35.5. The van der Waals surface area contributed by atoms with Gasteiger partial charge in [0.2, 0.25) is 5.82 Å². The third-order valence-corrected chi connectivity index (χ3v) is 5.10. The van der Waals surface area contributed by atoms with E-state index in [4.69, 9.17) is 23.8 Å². The number of nitrogens with one attached hydrogen (secondary N) is 1. The van der Waals surface area contributed by atoms with Crippen LogP contribution in [0.5, 0.6) is 0 Å². The van der Waals surface area contributed by atoms with Crippen molar-refractivity contribution in [3.8, 4) is 0 Å². The SMILES string of the molecule is O=C(NC(=S)N1CCN(c2c(F)c(F)c(F)c(F)c2F)CC1)c1ccccc1Cl. The summed E-state index contributed by atoms with van der Waals surface area (Å²) in [6, 6.07) is 6.35. The fourth-order valence-electron chi connectivity index (χ4n) is 2.89. The molecule has 0 aliphatic carbocycles. The van der Waals surface area contributed by atoms with Crippen molar-refractivity contribution in [2.24, 2.45) is 0 Å². The van der Waals surface area contributed by atoms with Gasteiger partial charge in [0, 0.05) is 26.2 Å². The van der Waals surface area contributed by atoms with Crippen LogP contribution in [0.25, 0.3) is 0 Å². The van der Waals surface area contributed by atoms with Crippen LogP contribution in [0.1, 0.15) is 10.4 Å². The van der Waals surface area contributed by atoms with Crippen LogP contribution in [-0.2, 0) is 0 Å². The van der Waals surface area contributed by atoms with Crippen LogP contribution in [0, 0.1) is 29.1 Å². The average Bonchev–Trinajstić information content (AvgIpc) is 2.71. The van der Waals surface area contributed by atoms with E-state index >= 15 is 0 Å². The zero-order valence-corrected chi connectivity index (χ0v) is 16.2. The second kappa shape index (κ2) is 8.50. The number of hydrogen-bond acceptors (Lipinski definition) is 3. The molecule has 2 aromatic rings. The Morgan fingerprint density at radius 1 is 0.897 bits per heavy atom. The molecule has 4 nitrogen and oxygen atoms in total. The zero-order chi connectivity index (χ0) is 21.3. The van der Waals surface area contributed by atoms with Crippen molar-refractivity contribution in [3.05, 3.63) is 63.9 Å². The molecule has 29 heavy (non-hydrogen) atoms. The zero-order valence-electron chi connectivity index (χ0n) is 14.6. The molecule has 1 saturated heterocycles. The standard InChI is InChI=1S/C18H13ClF5N3OS/c19-10-4-2-1-3-9(10)17(28)25-18(29)27-7-5-26(6-8-27)16-14(23)12(21)11(20)13(22)15(16)24/h1-4H,5-8H2,(H,25,28,29). The van der Waals surface area contributed by atoms with E-state index < -0.39 is 40.7 Å². The Kier molecular flexibility index (Phi) is 6.23. The lowest BCUT2D eigenvalue weighted by Gasteiger charge is -2.37. The van der Waals surface area contributed by atoms with E-state index in [1.807, 2.05) is 0 Å². The Bertz CT molecular complexity index is 953. The van der Waals surface area contributed by atoms with E-state index in [1.165, 1.54) is 6.07 Å². The molecular formula is C18H13ClF5N3OS. The molecule has 0 radical (unpaired) electrons. The first-order chi connectivity index (χ1) is 13.7. The van der Waals surface area contributed by atoms with E-state index in [2.05, 4.69) is 5.32 Å². The monoisotopic (exact) mass is 449 g/mol. The summed E-state index contributed by atoms with van der Waals surface area (Å²) in [5.41, 5.74) is -0.761. The predicted molar refractivity (Wildman–Crippen MR) is 102 cm³/mol. The molecule has 0 saturated carbocycles. The Hall–Kier alpha value is -2.46. The molecule has 0 unspecified atom stereocenters. The summed E-state index contributed by atoms with van der Waals surface area (Å²) in [4.78, 5) is 14.9. The van der Waals surface area contributed by atoms with Crippen molar-refractivity contribution in [2.75, 3.05) is 31.1 Å². The molecule has 1 amide bonds. The van der Waals surface area contributed by atoms with Crippen LogP contribution in [-0.4, -0.2) is 42.1 Å². The molecule has 154 valence electrons. The summed E-state index contributed by atoms with van der Waals surface area (Å²) in [5.74, 6) is -10.5. The minimum atomic E-state index is -2.20. The number of thiocarbonyl (C=S) groups is 1. The van der Waals surface area contributed by atoms with Crippen molar-refractivity contribution in [3.63, 3.8) is 0 Å². The summed E-state index contributed by atoms with van der Waals surface area (Å²) < 4.78 is 68.0. The summed E-state index contributed by atoms with van der Waals surface area (Å²) in [5, 5.41) is 2.81. The lowest BCUT2D eigenvalue weighted by Crippen LogP contribution is -2.53. The summed E-state index contributed by atoms with van der Waals surface area (Å²) in [6.07, 6.45) is 0. The van der Waals surface area contributed by atoms with E-state index in [-0.39, 0.29) is 41.9 Å². The van der Waals surface area contributed by atoms with Crippen molar-refractivity contribution >= 4 is 40.5 Å². The predicted octanol–water partition coefficient (Wildman–Crippen LogP) is 3.87. The average molecular weight is 450 g/mol. The minimum absolute atomic E-state index is 0.0620. The molecule has 0 bridgehead atoms. The molecule has 11 heteroatoms. The highest BCUT2D eigenvalue weighted by Gasteiger charge is 2.31. The first-order valence-corrected chi connectivity index (χ1v) is 9.12. The molecule has 1 aliphatic rings. The van der Waals surface area contributed by atoms with Gasteiger partial charge in [0.25, 0.3) is 5.91 Å². The topological polar surface area (TPSA) is 35.6 Å². The molecule has 2 aromatic carbocycles. The quantitative estimate of drug-likeness (QED) is 0.327. The number of halogens is 6. The highest BCUT2D eigenvalue weighted by molar-refractivity contribution is 7.80. The Balaban J connectivity index is 1.68. The van der Waals surface area contributed by atoms with Gasteiger partial charge in [-0.15, -0.1) is 0 Å². The molecule has 1 N–H and O–H groups in total. The number of rotatable bonds is 2. The van der Waals surface area contributed by atoms with Crippen LogP contribution in [0.2, 0.25) is 5.02 Å². The van der Waals surface area contributed by atoms with Crippen LogP contribution in [0.15, 0.2) is 24.3 Å². The largest absolute Gasteiger partial charge is 0.363 e. The fourth-order valence-corrected chi connectivity index (χ4v) is 3.39. The van der Waals surface area contributed by atoms with Gasteiger partial charge >= 0.3 is 0 Å². The number of benzene rings is 2. The molecule has 0 atom stereocenters.